The fourth-order valence-corrected chi connectivity index (χ4v) is 10.9. The van der Waals surface area contributed by atoms with Crippen molar-refractivity contribution in [2.45, 2.75) is 136 Å². The molecule has 0 aromatic carbocycles. The van der Waals surface area contributed by atoms with E-state index in [1.807, 2.05) is 0 Å². The molecule has 1 amide bonds. The molecule has 5 aliphatic rings. The average molecular weight is 518 g/mol. The number of carbonyl (C=O) groups is 1. The van der Waals surface area contributed by atoms with Crippen molar-refractivity contribution in [1.82, 2.24) is 5.32 Å². The first-order chi connectivity index (χ1) is 17.7. The number of amides is 1. The van der Waals surface area contributed by atoms with Gasteiger partial charge in [0.25, 0.3) is 0 Å². The lowest BCUT2D eigenvalue weighted by Crippen LogP contribution is -2.62. The van der Waals surface area contributed by atoms with Gasteiger partial charge in [0, 0.05) is 6.54 Å². The molecule has 11 atom stereocenters. The van der Waals surface area contributed by atoms with Gasteiger partial charge >= 0.3 is 6.09 Å². The Balaban J connectivity index is 1.22. The van der Waals surface area contributed by atoms with Crippen LogP contribution >= 0.6 is 0 Å². The highest BCUT2D eigenvalue weighted by Gasteiger charge is 2.64. The monoisotopic (exact) mass is 517 g/mol. The van der Waals surface area contributed by atoms with Crippen LogP contribution in [0.4, 0.5) is 4.79 Å². The summed E-state index contributed by atoms with van der Waals surface area (Å²) in [6.07, 6.45) is 15.0. The van der Waals surface area contributed by atoms with Crippen LogP contribution in [0.2, 0.25) is 0 Å². The Bertz CT molecular complexity index is 798. The lowest BCUT2D eigenvalue weighted by Gasteiger charge is -2.64. The number of carbonyl (C=O) groups excluding carboxylic acids is 1. The van der Waals surface area contributed by atoms with E-state index in [1.165, 1.54) is 44.9 Å². The molecule has 0 radical (unpaired) electrons. The van der Waals surface area contributed by atoms with Crippen molar-refractivity contribution in [3.63, 3.8) is 0 Å². The highest BCUT2D eigenvalue weighted by Crippen LogP contribution is 2.69. The van der Waals surface area contributed by atoms with Gasteiger partial charge in [-0.3, -0.25) is 0 Å². The van der Waals surface area contributed by atoms with Crippen molar-refractivity contribution >= 4 is 6.09 Å². The fourth-order valence-electron chi connectivity index (χ4n) is 10.9. The number of aliphatic hydroxyl groups is 2. The van der Waals surface area contributed by atoms with E-state index in [9.17, 15) is 15.0 Å². The minimum atomic E-state index is -0.230. The van der Waals surface area contributed by atoms with Crippen molar-refractivity contribution in [3.8, 4) is 0 Å². The maximum Gasteiger partial charge on any atom is 0.407 e. The van der Waals surface area contributed by atoms with Gasteiger partial charge in [-0.15, -0.1) is 0 Å². The standard InChI is InChI=1S/C32H55NO4/c1-5-23-27-19-21(34)13-16-32(27,4)26-14-17-31(3)24(11-12-25(31)28(26)29(23)35)20(2)15-18-33-30(36)37-22-9-7-6-8-10-22/h20-29,34-35H,5-19H2,1-4H3,(H,33,36)/t20?,21-,23-,24-,25?,26?,27+,28?,29-,31-,32-/m1/s1. The van der Waals surface area contributed by atoms with E-state index in [0.717, 1.165) is 44.9 Å². The Morgan fingerprint density at radius 1 is 0.946 bits per heavy atom. The van der Waals surface area contributed by atoms with E-state index in [1.54, 1.807) is 0 Å². The third kappa shape index (κ3) is 4.98. The van der Waals surface area contributed by atoms with Crippen molar-refractivity contribution in [2.24, 2.45) is 52.3 Å². The lowest BCUT2D eigenvalue weighted by atomic mass is 9.41. The van der Waals surface area contributed by atoms with Crippen molar-refractivity contribution in [3.05, 3.63) is 0 Å². The minimum absolute atomic E-state index is 0.110. The molecule has 5 fully saturated rings. The smallest absolute Gasteiger partial charge is 0.407 e. The molecule has 5 nitrogen and oxygen atoms in total. The SMILES string of the molecule is CC[C@H]1[C@@H](O)C2C3CC[C@H](C(C)CCNC(=O)OC4CCCCC4)[C@@]3(C)CCC2[C@@]2(C)CC[C@@H](O)C[C@@H]12. The maximum atomic E-state index is 12.3. The Labute approximate surface area is 225 Å². The average Bonchev–Trinajstić information content (AvgIpc) is 3.23. The third-order valence-corrected chi connectivity index (χ3v) is 12.8. The second-order valence-electron chi connectivity index (χ2n) is 14.5. The zero-order valence-corrected chi connectivity index (χ0v) is 24.1. The summed E-state index contributed by atoms with van der Waals surface area (Å²) < 4.78 is 5.66. The van der Waals surface area contributed by atoms with E-state index in [0.29, 0.717) is 48.0 Å². The quantitative estimate of drug-likeness (QED) is 0.366. The zero-order chi connectivity index (χ0) is 26.4. The number of alkyl carbamates (subject to hydrolysis) is 1. The number of nitrogens with one attached hydrogen (secondary N) is 1. The minimum Gasteiger partial charge on any atom is -0.446 e. The number of ether oxygens (including phenoxy) is 1. The Morgan fingerprint density at radius 3 is 2.38 bits per heavy atom. The van der Waals surface area contributed by atoms with Gasteiger partial charge in [-0.25, -0.2) is 4.79 Å². The molecule has 5 aliphatic carbocycles. The third-order valence-electron chi connectivity index (χ3n) is 12.8. The van der Waals surface area contributed by atoms with Crippen LogP contribution in [0.5, 0.6) is 0 Å². The summed E-state index contributed by atoms with van der Waals surface area (Å²) in [4.78, 5) is 12.3. The summed E-state index contributed by atoms with van der Waals surface area (Å²) >= 11 is 0. The summed E-state index contributed by atoms with van der Waals surface area (Å²) in [5.41, 5.74) is 0.539. The maximum absolute atomic E-state index is 12.3. The molecule has 0 aromatic heterocycles. The van der Waals surface area contributed by atoms with Gasteiger partial charge in [0.15, 0.2) is 0 Å². The predicted molar refractivity (Wildman–Crippen MR) is 147 cm³/mol. The van der Waals surface area contributed by atoms with E-state index in [4.69, 9.17) is 4.74 Å². The lowest BCUT2D eigenvalue weighted by molar-refractivity contribution is -0.203. The molecule has 5 heteroatoms. The van der Waals surface area contributed by atoms with Gasteiger partial charge in [-0.1, -0.05) is 40.5 Å². The van der Waals surface area contributed by atoms with Crippen molar-refractivity contribution in [2.75, 3.05) is 6.54 Å². The highest BCUT2D eigenvalue weighted by molar-refractivity contribution is 5.67. The number of fused-ring (bicyclic) bond motifs is 5. The molecule has 5 saturated carbocycles. The van der Waals surface area contributed by atoms with Gasteiger partial charge in [0.05, 0.1) is 12.2 Å². The first kappa shape index (κ1) is 27.7. The molecule has 4 unspecified atom stereocenters. The summed E-state index contributed by atoms with van der Waals surface area (Å²) in [5.74, 6) is 3.57. The molecule has 0 heterocycles. The van der Waals surface area contributed by atoms with Gasteiger partial charge in [0.2, 0.25) is 0 Å². The van der Waals surface area contributed by atoms with Gasteiger partial charge < -0.3 is 20.3 Å². The Hall–Kier alpha value is -0.810. The Morgan fingerprint density at radius 2 is 1.65 bits per heavy atom. The topological polar surface area (TPSA) is 78.8 Å². The molecule has 3 N–H and O–H groups in total. The van der Waals surface area contributed by atoms with Crippen LogP contribution in [0.1, 0.15) is 118 Å². The molecule has 0 aliphatic heterocycles. The van der Waals surface area contributed by atoms with Crippen molar-refractivity contribution in [1.29, 1.82) is 0 Å². The second kappa shape index (κ2) is 11.0. The van der Waals surface area contributed by atoms with Crippen LogP contribution < -0.4 is 5.32 Å². The first-order valence-corrected chi connectivity index (χ1v) is 16.0. The second-order valence-corrected chi connectivity index (χ2v) is 14.5. The molecule has 0 saturated heterocycles. The molecule has 0 aromatic rings. The molecule has 5 rings (SSSR count). The summed E-state index contributed by atoms with van der Waals surface area (Å²) in [6.45, 7) is 10.4. The molecule has 37 heavy (non-hydrogen) atoms. The van der Waals surface area contributed by atoms with Gasteiger partial charge in [0.1, 0.15) is 6.10 Å². The normalized spacial score (nSPS) is 46.9. The van der Waals surface area contributed by atoms with E-state index < -0.39 is 0 Å². The first-order valence-electron chi connectivity index (χ1n) is 16.0. The summed E-state index contributed by atoms with van der Waals surface area (Å²) in [6, 6.07) is 0. The molecular formula is C32H55NO4. The van der Waals surface area contributed by atoms with Crippen molar-refractivity contribution < 1.29 is 19.7 Å². The number of hydrogen-bond donors (Lipinski definition) is 3. The molecular weight excluding hydrogens is 462 g/mol. The zero-order valence-electron chi connectivity index (χ0n) is 24.1. The van der Waals surface area contributed by atoms with Crippen LogP contribution in [0.25, 0.3) is 0 Å². The van der Waals surface area contributed by atoms with Crippen LogP contribution in [0.15, 0.2) is 0 Å². The summed E-state index contributed by atoms with van der Waals surface area (Å²) in [7, 11) is 0. The van der Waals surface area contributed by atoms with Crippen LogP contribution in [0, 0.1) is 52.3 Å². The molecule has 0 spiro atoms. The van der Waals surface area contributed by atoms with Crippen LogP contribution in [-0.4, -0.2) is 41.2 Å². The van der Waals surface area contributed by atoms with Gasteiger partial charge in [-0.2, -0.15) is 0 Å². The van der Waals surface area contributed by atoms with Gasteiger partial charge in [-0.05, 0) is 129 Å². The number of aliphatic hydroxyl groups excluding tert-OH is 2. The van der Waals surface area contributed by atoms with Crippen LogP contribution in [0.3, 0.4) is 0 Å². The predicted octanol–water partition coefficient (Wildman–Crippen LogP) is 6.70. The fraction of sp³-hybridized carbons (Fsp3) is 0.969. The van der Waals surface area contributed by atoms with Crippen LogP contribution in [-0.2, 0) is 4.74 Å². The molecule has 212 valence electrons. The largest absolute Gasteiger partial charge is 0.446 e. The highest BCUT2D eigenvalue weighted by atomic mass is 16.6. The number of rotatable bonds is 6. The number of hydrogen-bond acceptors (Lipinski definition) is 4. The Kier molecular flexibility index (Phi) is 8.24. The van der Waals surface area contributed by atoms with E-state index >= 15 is 0 Å². The van der Waals surface area contributed by atoms with E-state index in [-0.39, 0.29) is 35.2 Å². The summed E-state index contributed by atoms with van der Waals surface area (Å²) in [5, 5.41) is 25.5. The molecule has 0 bridgehead atoms. The van der Waals surface area contributed by atoms with E-state index in [2.05, 4.69) is 33.0 Å².